The molecule has 3 N–H and O–H groups in total. The van der Waals surface area contributed by atoms with E-state index >= 15 is 0 Å². The average Bonchev–Trinajstić information content (AvgIpc) is 1.98. The molecule has 0 radical (unpaired) electrons. The SMILES string of the molecule is CC(C(=O)O)=C(C)C(C)P(=O)(O)O. The summed E-state index contributed by atoms with van der Waals surface area (Å²) in [6.45, 7) is 4.04. The van der Waals surface area contributed by atoms with Gasteiger partial charge in [0.05, 0.1) is 5.66 Å². The van der Waals surface area contributed by atoms with Gasteiger partial charge in [-0.2, -0.15) is 0 Å². The molecule has 0 aliphatic carbocycles. The Kier molecular flexibility index (Phi) is 3.85. The molecule has 0 saturated heterocycles. The Labute approximate surface area is 76.2 Å². The van der Waals surface area contributed by atoms with Crippen molar-refractivity contribution in [1.29, 1.82) is 0 Å². The summed E-state index contributed by atoms with van der Waals surface area (Å²) in [6.07, 6.45) is 0. The summed E-state index contributed by atoms with van der Waals surface area (Å²) in [5, 5.41) is 8.56. The van der Waals surface area contributed by atoms with Crippen molar-refractivity contribution in [1.82, 2.24) is 0 Å². The zero-order valence-corrected chi connectivity index (χ0v) is 8.58. The molecule has 0 amide bonds. The third-order valence-corrected chi connectivity index (χ3v) is 3.44. The molecule has 76 valence electrons. The molecule has 6 heteroatoms. The van der Waals surface area contributed by atoms with Crippen molar-refractivity contribution in [3.05, 3.63) is 11.1 Å². The van der Waals surface area contributed by atoms with E-state index in [1.54, 1.807) is 0 Å². The summed E-state index contributed by atoms with van der Waals surface area (Å²) in [7, 11) is -4.23. The van der Waals surface area contributed by atoms with E-state index in [4.69, 9.17) is 14.9 Å². The van der Waals surface area contributed by atoms with Crippen LogP contribution in [0, 0.1) is 0 Å². The van der Waals surface area contributed by atoms with Gasteiger partial charge < -0.3 is 14.9 Å². The lowest BCUT2D eigenvalue weighted by atomic mass is 10.1. The number of carboxylic acid groups (broad SMARTS) is 1. The Morgan fingerprint density at radius 1 is 1.31 bits per heavy atom. The first-order valence-electron chi connectivity index (χ1n) is 3.63. The lowest BCUT2D eigenvalue weighted by Crippen LogP contribution is -2.10. The van der Waals surface area contributed by atoms with Gasteiger partial charge in [-0.15, -0.1) is 0 Å². The monoisotopic (exact) mass is 208 g/mol. The number of carboxylic acids is 1. The Hall–Kier alpha value is -0.640. The van der Waals surface area contributed by atoms with Gasteiger partial charge in [0.25, 0.3) is 0 Å². The van der Waals surface area contributed by atoms with Crippen LogP contribution in [0.1, 0.15) is 20.8 Å². The Bertz CT molecular complexity index is 287. The highest BCUT2D eigenvalue weighted by Gasteiger charge is 2.27. The van der Waals surface area contributed by atoms with Crippen LogP contribution >= 0.6 is 7.60 Å². The fourth-order valence-electron chi connectivity index (χ4n) is 0.734. The maximum Gasteiger partial charge on any atom is 0.332 e. The number of hydrogen-bond acceptors (Lipinski definition) is 2. The summed E-state index contributed by atoms with van der Waals surface area (Å²) >= 11 is 0. The molecule has 0 saturated carbocycles. The normalized spacial score (nSPS) is 16.4. The molecule has 0 aromatic heterocycles. The van der Waals surface area contributed by atoms with Crippen molar-refractivity contribution in [3.8, 4) is 0 Å². The van der Waals surface area contributed by atoms with Crippen LogP contribution in [0.5, 0.6) is 0 Å². The first kappa shape index (κ1) is 12.4. The summed E-state index contributed by atoms with van der Waals surface area (Å²) in [5.74, 6) is -1.15. The molecular weight excluding hydrogens is 195 g/mol. The molecule has 0 fully saturated rings. The quantitative estimate of drug-likeness (QED) is 0.474. The first-order valence-corrected chi connectivity index (χ1v) is 5.32. The van der Waals surface area contributed by atoms with Crippen LogP contribution in [0.15, 0.2) is 11.1 Å². The average molecular weight is 208 g/mol. The van der Waals surface area contributed by atoms with E-state index in [-0.39, 0.29) is 11.1 Å². The van der Waals surface area contributed by atoms with Gasteiger partial charge in [0.1, 0.15) is 0 Å². The Morgan fingerprint density at radius 3 is 1.92 bits per heavy atom. The van der Waals surface area contributed by atoms with Crippen LogP contribution in [0.3, 0.4) is 0 Å². The topological polar surface area (TPSA) is 94.8 Å². The number of rotatable bonds is 3. The summed E-state index contributed by atoms with van der Waals surface area (Å²) in [6, 6.07) is 0. The third-order valence-electron chi connectivity index (χ3n) is 2.04. The number of carbonyl (C=O) groups is 1. The summed E-state index contributed by atoms with van der Waals surface area (Å²) in [5.41, 5.74) is -0.847. The van der Waals surface area contributed by atoms with Crippen LogP contribution in [-0.4, -0.2) is 26.5 Å². The van der Waals surface area contributed by atoms with Gasteiger partial charge in [-0.3, -0.25) is 4.57 Å². The molecule has 0 spiro atoms. The molecule has 0 aliphatic heterocycles. The lowest BCUT2D eigenvalue weighted by molar-refractivity contribution is -0.132. The molecule has 5 nitrogen and oxygen atoms in total. The van der Waals surface area contributed by atoms with E-state index in [1.165, 1.54) is 20.8 Å². The third kappa shape index (κ3) is 3.30. The highest BCUT2D eigenvalue weighted by atomic mass is 31.2. The van der Waals surface area contributed by atoms with Crippen LogP contribution < -0.4 is 0 Å². The van der Waals surface area contributed by atoms with E-state index < -0.39 is 19.2 Å². The van der Waals surface area contributed by atoms with Crippen molar-refractivity contribution < 1.29 is 24.3 Å². The fourth-order valence-corrected chi connectivity index (χ4v) is 1.43. The van der Waals surface area contributed by atoms with E-state index in [0.717, 1.165) is 0 Å². The second-order valence-corrected chi connectivity index (χ2v) is 4.83. The van der Waals surface area contributed by atoms with Crippen LogP contribution in [0.25, 0.3) is 0 Å². The van der Waals surface area contributed by atoms with Crippen molar-refractivity contribution >= 4 is 13.6 Å². The van der Waals surface area contributed by atoms with Crippen molar-refractivity contribution in [2.24, 2.45) is 0 Å². The minimum atomic E-state index is -4.23. The van der Waals surface area contributed by atoms with Crippen molar-refractivity contribution in [3.63, 3.8) is 0 Å². The number of hydrogen-bond donors (Lipinski definition) is 3. The Balaban J connectivity index is 5.00. The maximum absolute atomic E-state index is 10.8. The standard InChI is InChI=1S/C7H13O5P/c1-4(5(2)7(8)9)6(3)13(10,11)12/h6H,1-3H3,(H,8,9)(H2,10,11,12). The molecule has 0 aromatic rings. The molecular formula is C7H13O5P. The van der Waals surface area contributed by atoms with Gasteiger partial charge in [0.2, 0.25) is 0 Å². The second kappa shape index (κ2) is 4.05. The minimum Gasteiger partial charge on any atom is -0.478 e. The van der Waals surface area contributed by atoms with Gasteiger partial charge in [0, 0.05) is 5.57 Å². The maximum atomic E-state index is 10.8. The van der Waals surface area contributed by atoms with Gasteiger partial charge in [-0.1, -0.05) is 0 Å². The molecule has 0 aromatic carbocycles. The molecule has 1 atom stereocenters. The van der Waals surface area contributed by atoms with Crippen LogP contribution in [0.4, 0.5) is 0 Å². The first-order chi connectivity index (χ1) is 5.68. The van der Waals surface area contributed by atoms with Crippen molar-refractivity contribution in [2.45, 2.75) is 26.4 Å². The highest BCUT2D eigenvalue weighted by molar-refractivity contribution is 7.52. The van der Waals surface area contributed by atoms with Gasteiger partial charge in [-0.25, -0.2) is 4.79 Å². The van der Waals surface area contributed by atoms with Gasteiger partial charge in [0.15, 0.2) is 0 Å². The highest BCUT2D eigenvalue weighted by Crippen LogP contribution is 2.44. The van der Waals surface area contributed by atoms with Crippen LogP contribution in [-0.2, 0) is 9.36 Å². The largest absolute Gasteiger partial charge is 0.478 e. The minimum absolute atomic E-state index is 0.0178. The van der Waals surface area contributed by atoms with E-state index in [9.17, 15) is 9.36 Å². The number of aliphatic carboxylic acids is 1. The molecule has 0 aliphatic rings. The zero-order valence-electron chi connectivity index (χ0n) is 7.68. The van der Waals surface area contributed by atoms with E-state index in [1.807, 2.05) is 0 Å². The molecule has 1 unspecified atom stereocenters. The summed E-state index contributed by atoms with van der Waals surface area (Å²) < 4.78 is 10.8. The predicted octanol–water partition coefficient (Wildman–Crippen LogP) is 0.974. The Morgan fingerprint density at radius 2 is 1.69 bits per heavy atom. The molecule has 0 rings (SSSR count). The number of allylic oxidation sites excluding steroid dienone is 1. The van der Waals surface area contributed by atoms with Crippen LogP contribution in [0.2, 0.25) is 0 Å². The van der Waals surface area contributed by atoms with Gasteiger partial charge in [-0.05, 0) is 26.3 Å². The molecule has 13 heavy (non-hydrogen) atoms. The zero-order chi connectivity index (χ0) is 10.8. The molecule has 0 heterocycles. The van der Waals surface area contributed by atoms with Gasteiger partial charge >= 0.3 is 13.6 Å². The smallest absolute Gasteiger partial charge is 0.332 e. The van der Waals surface area contributed by atoms with Crippen molar-refractivity contribution in [2.75, 3.05) is 0 Å². The lowest BCUT2D eigenvalue weighted by Gasteiger charge is -2.15. The van der Waals surface area contributed by atoms with E-state index in [2.05, 4.69) is 0 Å². The fraction of sp³-hybridized carbons (Fsp3) is 0.571. The summed E-state index contributed by atoms with van der Waals surface area (Å²) in [4.78, 5) is 28.0. The predicted molar refractivity (Wildman–Crippen MR) is 47.5 cm³/mol. The van der Waals surface area contributed by atoms with E-state index in [0.29, 0.717) is 0 Å². The molecule has 0 bridgehead atoms. The second-order valence-electron chi connectivity index (χ2n) is 2.88.